The van der Waals surface area contributed by atoms with Crippen LogP contribution in [0.15, 0.2) is 36.4 Å². The van der Waals surface area contributed by atoms with Gasteiger partial charge in [0.2, 0.25) is 0 Å². The number of carbonyl (C=O) groups excluding carboxylic acids is 2. The first-order valence-corrected chi connectivity index (χ1v) is 7.66. The van der Waals surface area contributed by atoms with Crippen LogP contribution in [-0.4, -0.2) is 25.6 Å². The fourth-order valence-electron chi connectivity index (χ4n) is 2.20. The van der Waals surface area contributed by atoms with Crippen molar-refractivity contribution < 1.29 is 19.1 Å². The van der Waals surface area contributed by atoms with Crippen LogP contribution in [0.2, 0.25) is 5.02 Å². The molecule has 0 saturated heterocycles. The molecule has 0 radical (unpaired) electrons. The van der Waals surface area contributed by atoms with E-state index in [0.29, 0.717) is 22.0 Å². The van der Waals surface area contributed by atoms with Gasteiger partial charge in [0.25, 0.3) is 5.91 Å². The molecule has 0 aliphatic carbocycles. The standard InChI is InChI=1S/C18H18ClNO4/c1-11-8-12(2)17(15(19)9-11)20-16(21)10-24-14-6-4-13(5-7-14)18(22)23-3/h4-9H,10H2,1-3H3,(H,20,21). The minimum Gasteiger partial charge on any atom is -0.484 e. The number of esters is 1. The number of amides is 1. The zero-order valence-corrected chi connectivity index (χ0v) is 14.4. The zero-order valence-electron chi connectivity index (χ0n) is 13.7. The van der Waals surface area contributed by atoms with Gasteiger partial charge in [0.1, 0.15) is 5.75 Å². The maximum Gasteiger partial charge on any atom is 0.337 e. The number of hydrogen-bond donors (Lipinski definition) is 1. The topological polar surface area (TPSA) is 64.6 Å². The Labute approximate surface area is 145 Å². The van der Waals surface area contributed by atoms with Crippen LogP contribution in [0.3, 0.4) is 0 Å². The number of halogens is 1. The molecule has 24 heavy (non-hydrogen) atoms. The van der Waals surface area contributed by atoms with Gasteiger partial charge in [-0.2, -0.15) is 0 Å². The summed E-state index contributed by atoms with van der Waals surface area (Å²) in [6.07, 6.45) is 0. The lowest BCUT2D eigenvalue weighted by Gasteiger charge is -2.12. The first kappa shape index (κ1) is 17.8. The molecule has 2 aromatic carbocycles. The fourth-order valence-corrected chi connectivity index (χ4v) is 2.57. The molecule has 0 saturated carbocycles. The van der Waals surface area contributed by atoms with Gasteiger partial charge in [0.15, 0.2) is 6.61 Å². The fraction of sp³-hybridized carbons (Fsp3) is 0.222. The van der Waals surface area contributed by atoms with Crippen molar-refractivity contribution in [2.24, 2.45) is 0 Å². The highest BCUT2D eigenvalue weighted by Crippen LogP contribution is 2.27. The lowest BCUT2D eigenvalue weighted by Crippen LogP contribution is -2.21. The third kappa shape index (κ3) is 4.49. The molecule has 2 rings (SSSR count). The summed E-state index contributed by atoms with van der Waals surface area (Å²) in [5.74, 6) is -0.269. The molecule has 2 aromatic rings. The number of benzene rings is 2. The van der Waals surface area contributed by atoms with Crippen LogP contribution in [0.1, 0.15) is 21.5 Å². The Morgan fingerprint density at radius 3 is 2.38 bits per heavy atom. The highest BCUT2D eigenvalue weighted by Gasteiger charge is 2.11. The molecule has 0 atom stereocenters. The van der Waals surface area contributed by atoms with E-state index in [9.17, 15) is 9.59 Å². The molecule has 6 heteroatoms. The molecule has 0 spiro atoms. The van der Waals surface area contributed by atoms with Gasteiger partial charge >= 0.3 is 5.97 Å². The normalized spacial score (nSPS) is 10.2. The van der Waals surface area contributed by atoms with Gasteiger partial charge in [0.05, 0.1) is 23.4 Å². The molecule has 0 heterocycles. The van der Waals surface area contributed by atoms with Crippen molar-refractivity contribution in [3.05, 3.63) is 58.1 Å². The molecule has 0 fully saturated rings. The summed E-state index contributed by atoms with van der Waals surface area (Å²) in [6, 6.07) is 10.1. The monoisotopic (exact) mass is 347 g/mol. The van der Waals surface area contributed by atoms with Gasteiger partial charge in [-0.15, -0.1) is 0 Å². The van der Waals surface area contributed by atoms with Crippen LogP contribution >= 0.6 is 11.6 Å². The number of aryl methyl sites for hydroxylation is 2. The number of carbonyl (C=O) groups is 2. The number of ether oxygens (including phenoxy) is 2. The van der Waals surface area contributed by atoms with Crippen molar-refractivity contribution >= 4 is 29.2 Å². The molecule has 0 aromatic heterocycles. The maximum atomic E-state index is 12.0. The van der Waals surface area contributed by atoms with Gasteiger partial charge in [-0.3, -0.25) is 4.79 Å². The Morgan fingerprint density at radius 2 is 1.79 bits per heavy atom. The first-order valence-electron chi connectivity index (χ1n) is 7.28. The summed E-state index contributed by atoms with van der Waals surface area (Å²) < 4.78 is 10.0. The molecule has 0 aliphatic rings. The summed E-state index contributed by atoms with van der Waals surface area (Å²) in [5.41, 5.74) is 2.90. The van der Waals surface area contributed by atoms with Crippen LogP contribution in [-0.2, 0) is 9.53 Å². The third-order valence-corrected chi connectivity index (χ3v) is 3.64. The summed E-state index contributed by atoms with van der Waals surface area (Å²) in [6.45, 7) is 3.65. The van der Waals surface area contributed by atoms with Gasteiger partial charge in [-0.1, -0.05) is 17.7 Å². The van der Waals surface area contributed by atoms with E-state index in [1.165, 1.54) is 7.11 Å². The van der Waals surface area contributed by atoms with Crippen molar-refractivity contribution in [2.45, 2.75) is 13.8 Å². The average Bonchev–Trinajstić information content (AvgIpc) is 2.56. The Hall–Kier alpha value is -2.53. The summed E-state index contributed by atoms with van der Waals surface area (Å²) in [5, 5.41) is 3.23. The van der Waals surface area contributed by atoms with E-state index in [-0.39, 0.29) is 12.5 Å². The lowest BCUT2D eigenvalue weighted by atomic mass is 10.1. The molecule has 0 unspecified atom stereocenters. The first-order chi connectivity index (χ1) is 11.4. The predicted molar refractivity (Wildman–Crippen MR) is 92.8 cm³/mol. The molecular formula is C18H18ClNO4. The predicted octanol–water partition coefficient (Wildman–Crippen LogP) is 3.76. The molecule has 0 bridgehead atoms. The van der Waals surface area contributed by atoms with Crippen LogP contribution in [0.5, 0.6) is 5.75 Å². The van der Waals surface area contributed by atoms with E-state index in [1.807, 2.05) is 19.9 Å². The lowest BCUT2D eigenvalue weighted by molar-refractivity contribution is -0.118. The van der Waals surface area contributed by atoms with E-state index in [4.69, 9.17) is 16.3 Å². The van der Waals surface area contributed by atoms with Crippen molar-refractivity contribution in [2.75, 3.05) is 19.0 Å². The van der Waals surface area contributed by atoms with E-state index in [1.54, 1.807) is 30.3 Å². The second-order valence-corrected chi connectivity index (χ2v) is 5.70. The average molecular weight is 348 g/mol. The number of hydrogen-bond acceptors (Lipinski definition) is 4. The SMILES string of the molecule is COC(=O)c1ccc(OCC(=O)Nc2c(C)cc(C)cc2Cl)cc1. The van der Waals surface area contributed by atoms with Crippen LogP contribution in [0.25, 0.3) is 0 Å². The van der Waals surface area contributed by atoms with Gasteiger partial charge in [-0.25, -0.2) is 4.79 Å². The second-order valence-electron chi connectivity index (χ2n) is 5.29. The van der Waals surface area contributed by atoms with Crippen LogP contribution in [0.4, 0.5) is 5.69 Å². The van der Waals surface area contributed by atoms with Crippen molar-refractivity contribution in [1.82, 2.24) is 0 Å². The molecule has 1 N–H and O–H groups in total. The summed E-state index contributed by atoms with van der Waals surface area (Å²) in [7, 11) is 1.31. The van der Waals surface area contributed by atoms with Crippen molar-refractivity contribution in [3.63, 3.8) is 0 Å². The maximum absolute atomic E-state index is 12.0. The molecular weight excluding hydrogens is 330 g/mol. The third-order valence-electron chi connectivity index (χ3n) is 3.34. The number of methoxy groups -OCH3 is 1. The van der Waals surface area contributed by atoms with Gasteiger partial charge < -0.3 is 14.8 Å². The minimum atomic E-state index is -0.427. The number of nitrogens with one attached hydrogen (secondary N) is 1. The quantitative estimate of drug-likeness (QED) is 0.836. The van der Waals surface area contributed by atoms with E-state index >= 15 is 0 Å². The smallest absolute Gasteiger partial charge is 0.337 e. The Bertz CT molecular complexity index is 733. The van der Waals surface area contributed by atoms with Gasteiger partial charge in [0, 0.05) is 0 Å². The molecule has 0 aliphatic heterocycles. The Balaban J connectivity index is 1.95. The van der Waals surface area contributed by atoms with Crippen LogP contribution < -0.4 is 10.1 Å². The number of rotatable bonds is 5. The van der Waals surface area contributed by atoms with E-state index in [0.717, 1.165) is 11.1 Å². The summed E-state index contributed by atoms with van der Waals surface area (Å²) in [4.78, 5) is 23.4. The summed E-state index contributed by atoms with van der Waals surface area (Å²) >= 11 is 6.16. The highest BCUT2D eigenvalue weighted by atomic mass is 35.5. The zero-order chi connectivity index (χ0) is 17.7. The molecule has 1 amide bonds. The van der Waals surface area contributed by atoms with Crippen LogP contribution in [0, 0.1) is 13.8 Å². The molecule has 126 valence electrons. The van der Waals surface area contributed by atoms with Crippen molar-refractivity contribution in [1.29, 1.82) is 0 Å². The largest absolute Gasteiger partial charge is 0.484 e. The van der Waals surface area contributed by atoms with E-state index < -0.39 is 5.97 Å². The second kappa shape index (κ2) is 7.84. The van der Waals surface area contributed by atoms with Gasteiger partial charge in [-0.05, 0) is 55.3 Å². The minimum absolute atomic E-state index is 0.165. The van der Waals surface area contributed by atoms with E-state index in [2.05, 4.69) is 10.1 Å². The van der Waals surface area contributed by atoms with Crippen molar-refractivity contribution in [3.8, 4) is 5.75 Å². The molecule has 5 nitrogen and oxygen atoms in total. The Kier molecular flexibility index (Phi) is 5.82. The highest BCUT2D eigenvalue weighted by molar-refractivity contribution is 6.34. The Morgan fingerprint density at radius 1 is 1.12 bits per heavy atom. The number of anilines is 1.